The second kappa shape index (κ2) is 6.84. The van der Waals surface area contributed by atoms with Crippen molar-refractivity contribution in [2.45, 2.75) is 105 Å². The molecule has 5 aliphatic carbocycles. The van der Waals surface area contributed by atoms with Crippen molar-refractivity contribution in [2.24, 2.45) is 50.7 Å². The van der Waals surface area contributed by atoms with Crippen molar-refractivity contribution in [3.63, 3.8) is 0 Å². The molecule has 0 aromatic rings. The number of ketones is 2. The number of Topliss-reactive ketones (excluding diaryl/α,β-unsaturated/α-hetero) is 2. The first-order chi connectivity index (χ1) is 15.6. The van der Waals surface area contributed by atoms with Gasteiger partial charge in [0.15, 0.2) is 5.78 Å². The summed E-state index contributed by atoms with van der Waals surface area (Å²) in [7, 11) is 0. The van der Waals surface area contributed by atoms with Gasteiger partial charge in [0, 0.05) is 17.8 Å². The summed E-state index contributed by atoms with van der Waals surface area (Å²) in [6.07, 6.45) is 8.78. The largest absolute Gasteiger partial charge is 0.390 e. The zero-order valence-electron chi connectivity index (χ0n) is 22.3. The highest BCUT2D eigenvalue weighted by molar-refractivity contribution is 6.04. The SMILES string of the molecule is CC1(C)CC[C@]2(O)CC[C@]3(C)C(C(=O)C[C@@H]4[C@@]5(C)C=C(C#N)C(=O)C(C)(C)[C@@H]5CC[C@]43C)C2C1. The lowest BCUT2D eigenvalue weighted by atomic mass is 9.32. The third kappa shape index (κ3) is 2.80. The van der Waals surface area contributed by atoms with E-state index < -0.39 is 11.0 Å². The Bertz CT molecular complexity index is 1030. The third-order valence-electron chi connectivity index (χ3n) is 12.4. The van der Waals surface area contributed by atoms with Gasteiger partial charge in [-0.2, -0.15) is 5.26 Å². The molecule has 1 N–H and O–H groups in total. The Labute approximate surface area is 205 Å². The van der Waals surface area contributed by atoms with Gasteiger partial charge in [0.25, 0.3) is 0 Å². The lowest BCUT2D eigenvalue weighted by Gasteiger charge is -2.71. The minimum atomic E-state index is -0.715. The lowest BCUT2D eigenvalue weighted by molar-refractivity contribution is -0.236. The van der Waals surface area contributed by atoms with E-state index >= 15 is 0 Å². The minimum absolute atomic E-state index is 0.0281. The number of nitriles is 1. The predicted octanol–water partition coefficient (Wildman–Crippen LogP) is 6.03. The van der Waals surface area contributed by atoms with Crippen molar-refractivity contribution < 1.29 is 14.7 Å². The van der Waals surface area contributed by atoms with Gasteiger partial charge in [0.1, 0.15) is 11.9 Å². The fraction of sp³-hybridized carbons (Fsp3) is 0.833. The van der Waals surface area contributed by atoms with Crippen LogP contribution in [0.15, 0.2) is 11.6 Å². The fourth-order valence-electron chi connectivity index (χ4n) is 10.3. The number of aliphatic hydroxyl groups is 1. The summed E-state index contributed by atoms with van der Waals surface area (Å²) in [6, 6.07) is 2.20. The maximum Gasteiger partial charge on any atom is 0.178 e. The molecule has 0 radical (unpaired) electrons. The summed E-state index contributed by atoms with van der Waals surface area (Å²) in [4.78, 5) is 27.3. The topological polar surface area (TPSA) is 78.2 Å². The van der Waals surface area contributed by atoms with E-state index in [0.717, 1.165) is 44.9 Å². The van der Waals surface area contributed by atoms with Crippen LogP contribution in [0.1, 0.15) is 99.8 Å². The normalized spacial score (nSPS) is 51.2. The van der Waals surface area contributed by atoms with Crippen LogP contribution in [0.25, 0.3) is 0 Å². The van der Waals surface area contributed by atoms with Gasteiger partial charge in [-0.1, -0.05) is 54.5 Å². The summed E-state index contributed by atoms with van der Waals surface area (Å²) in [5.41, 5.74) is -1.51. The van der Waals surface area contributed by atoms with Crippen LogP contribution >= 0.6 is 0 Å². The fourth-order valence-corrected chi connectivity index (χ4v) is 10.3. The van der Waals surface area contributed by atoms with E-state index in [2.05, 4.69) is 40.7 Å². The smallest absolute Gasteiger partial charge is 0.178 e. The summed E-state index contributed by atoms with van der Waals surface area (Å²) in [6.45, 7) is 15.6. The van der Waals surface area contributed by atoms with Gasteiger partial charge in [-0.25, -0.2) is 0 Å². The quantitative estimate of drug-likeness (QED) is 0.474. The van der Waals surface area contributed by atoms with Gasteiger partial charge >= 0.3 is 0 Å². The van der Waals surface area contributed by atoms with Crippen molar-refractivity contribution in [2.75, 3.05) is 0 Å². The van der Waals surface area contributed by atoms with Crippen LogP contribution in [0.3, 0.4) is 0 Å². The molecule has 0 saturated heterocycles. The molecule has 0 aliphatic heterocycles. The van der Waals surface area contributed by atoms with E-state index in [1.54, 1.807) is 0 Å². The van der Waals surface area contributed by atoms with E-state index in [0.29, 0.717) is 12.2 Å². The third-order valence-corrected chi connectivity index (χ3v) is 12.4. The van der Waals surface area contributed by atoms with Crippen molar-refractivity contribution in [1.29, 1.82) is 5.26 Å². The second-order valence-corrected chi connectivity index (χ2v) is 14.8. The van der Waals surface area contributed by atoms with Crippen LogP contribution in [0.2, 0.25) is 0 Å². The predicted molar refractivity (Wildman–Crippen MR) is 131 cm³/mol. The van der Waals surface area contributed by atoms with Gasteiger partial charge in [-0.15, -0.1) is 0 Å². The Balaban J connectivity index is 1.63. The molecular formula is C30H43NO3. The van der Waals surface area contributed by atoms with E-state index in [1.807, 2.05) is 19.9 Å². The van der Waals surface area contributed by atoms with Crippen LogP contribution in [-0.4, -0.2) is 22.3 Å². The van der Waals surface area contributed by atoms with Gasteiger partial charge in [0.2, 0.25) is 0 Å². The summed E-state index contributed by atoms with van der Waals surface area (Å²) in [5.74, 6) is 0.426. The Hall–Kier alpha value is -1.47. The van der Waals surface area contributed by atoms with E-state index in [-0.39, 0.29) is 56.7 Å². The lowest BCUT2D eigenvalue weighted by Crippen LogP contribution is -2.69. The van der Waals surface area contributed by atoms with Crippen LogP contribution in [0, 0.1) is 62.1 Å². The Morgan fingerprint density at radius 2 is 1.56 bits per heavy atom. The molecule has 4 heteroatoms. The molecule has 0 heterocycles. The molecule has 4 nitrogen and oxygen atoms in total. The molecule has 5 aliphatic rings. The van der Waals surface area contributed by atoms with E-state index in [4.69, 9.17) is 0 Å². The number of nitrogens with zero attached hydrogens (tertiary/aromatic N) is 1. The zero-order chi connectivity index (χ0) is 25.1. The molecule has 0 aromatic heterocycles. The van der Waals surface area contributed by atoms with Crippen LogP contribution in [0.5, 0.6) is 0 Å². The van der Waals surface area contributed by atoms with Gasteiger partial charge in [0.05, 0.1) is 11.2 Å². The van der Waals surface area contributed by atoms with Crippen LogP contribution < -0.4 is 0 Å². The number of carbonyl (C=O) groups is 2. The summed E-state index contributed by atoms with van der Waals surface area (Å²) < 4.78 is 0. The Kier molecular flexibility index (Phi) is 4.88. The van der Waals surface area contributed by atoms with E-state index in [1.165, 1.54) is 0 Å². The van der Waals surface area contributed by atoms with Gasteiger partial charge < -0.3 is 5.11 Å². The average molecular weight is 466 g/mol. The maximum absolute atomic E-state index is 14.2. The van der Waals surface area contributed by atoms with Gasteiger partial charge in [-0.3, -0.25) is 9.59 Å². The second-order valence-electron chi connectivity index (χ2n) is 14.8. The Morgan fingerprint density at radius 3 is 2.21 bits per heavy atom. The molecule has 0 spiro atoms. The van der Waals surface area contributed by atoms with Crippen molar-refractivity contribution in [3.05, 3.63) is 11.6 Å². The summed E-state index contributed by atoms with van der Waals surface area (Å²) >= 11 is 0. The molecular weight excluding hydrogens is 422 g/mol. The maximum atomic E-state index is 14.2. The first-order valence-electron chi connectivity index (χ1n) is 13.5. The molecule has 34 heavy (non-hydrogen) atoms. The number of hydrogen-bond donors (Lipinski definition) is 1. The average Bonchev–Trinajstić information content (AvgIpc) is 2.74. The number of allylic oxidation sites excluding steroid dienone is 2. The highest BCUT2D eigenvalue weighted by Crippen LogP contribution is 2.74. The van der Waals surface area contributed by atoms with Crippen molar-refractivity contribution in [3.8, 4) is 6.07 Å². The minimum Gasteiger partial charge on any atom is -0.390 e. The monoisotopic (exact) mass is 465 g/mol. The van der Waals surface area contributed by atoms with Crippen LogP contribution in [-0.2, 0) is 9.59 Å². The van der Waals surface area contributed by atoms with Crippen LogP contribution in [0.4, 0.5) is 0 Å². The summed E-state index contributed by atoms with van der Waals surface area (Å²) in [5, 5.41) is 21.6. The molecule has 0 bridgehead atoms. The molecule has 4 saturated carbocycles. The number of fused-ring (bicyclic) bond motifs is 7. The van der Waals surface area contributed by atoms with E-state index in [9.17, 15) is 20.0 Å². The molecule has 5 rings (SSSR count). The highest BCUT2D eigenvalue weighted by atomic mass is 16.3. The number of carbonyl (C=O) groups excluding carboxylic acids is 2. The number of hydrogen-bond acceptors (Lipinski definition) is 4. The van der Waals surface area contributed by atoms with Crippen molar-refractivity contribution >= 4 is 11.6 Å². The molecule has 0 amide bonds. The van der Waals surface area contributed by atoms with Crippen molar-refractivity contribution in [1.82, 2.24) is 0 Å². The first kappa shape index (κ1) is 24.2. The molecule has 2 unspecified atom stereocenters. The zero-order valence-corrected chi connectivity index (χ0v) is 22.3. The molecule has 186 valence electrons. The molecule has 4 fully saturated rings. The molecule has 8 atom stereocenters. The highest BCUT2D eigenvalue weighted by Gasteiger charge is 2.72. The number of rotatable bonds is 0. The standard InChI is InChI=1S/C30H43NO3/c1-25(2)10-12-30(34)13-11-29(7)23(19(30)16-25)20(32)14-22-27(5)15-18(17-31)24(33)26(3,4)21(27)8-9-28(22,29)6/h15,19,21-23,34H,8-14,16H2,1-7H3/t19?,21-,22+,23?,27-,28+,29+,30-/m0/s1. The Morgan fingerprint density at radius 1 is 0.912 bits per heavy atom. The van der Waals surface area contributed by atoms with Gasteiger partial charge in [-0.05, 0) is 84.4 Å². The molecule has 0 aromatic carbocycles. The first-order valence-corrected chi connectivity index (χ1v) is 13.5.